The van der Waals surface area contributed by atoms with Crippen LogP contribution in [0.25, 0.3) is 0 Å². The number of hydrogen-bond donors (Lipinski definition) is 2. The van der Waals surface area contributed by atoms with E-state index in [2.05, 4.69) is 10.4 Å². The molecular formula is C15H21FN4O. The van der Waals surface area contributed by atoms with Crippen molar-refractivity contribution >= 4 is 11.4 Å². The van der Waals surface area contributed by atoms with E-state index in [1.54, 1.807) is 10.7 Å². The fraction of sp³-hybridized carbons (Fsp3) is 0.400. The van der Waals surface area contributed by atoms with Gasteiger partial charge in [-0.05, 0) is 19.9 Å². The van der Waals surface area contributed by atoms with Gasteiger partial charge in [0.05, 0.1) is 23.2 Å². The van der Waals surface area contributed by atoms with Gasteiger partial charge in [-0.1, -0.05) is 0 Å². The molecule has 5 nitrogen and oxygen atoms in total. The smallest absolute Gasteiger partial charge is 0.167 e. The molecule has 21 heavy (non-hydrogen) atoms. The molecule has 0 fully saturated rings. The minimum atomic E-state index is -0.448. The van der Waals surface area contributed by atoms with E-state index in [4.69, 9.17) is 10.5 Å². The molecule has 0 saturated heterocycles. The van der Waals surface area contributed by atoms with E-state index in [0.717, 1.165) is 12.1 Å². The van der Waals surface area contributed by atoms with Crippen molar-refractivity contribution in [1.29, 1.82) is 0 Å². The molecule has 0 unspecified atom stereocenters. The van der Waals surface area contributed by atoms with Crippen molar-refractivity contribution in [2.45, 2.75) is 26.4 Å². The topological polar surface area (TPSA) is 65.1 Å². The summed E-state index contributed by atoms with van der Waals surface area (Å²) in [6.45, 7) is 4.36. The molecule has 1 heterocycles. The van der Waals surface area contributed by atoms with Crippen molar-refractivity contribution in [2.24, 2.45) is 7.05 Å². The van der Waals surface area contributed by atoms with Crippen LogP contribution < -0.4 is 15.8 Å². The average molecular weight is 292 g/mol. The maximum Gasteiger partial charge on any atom is 0.167 e. The van der Waals surface area contributed by atoms with E-state index in [1.165, 1.54) is 6.07 Å². The van der Waals surface area contributed by atoms with E-state index in [1.807, 2.05) is 33.2 Å². The molecule has 0 aliphatic rings. The Balaban J connectivity index is 2.01. The lowest BCUT2D eigenvalue weighted by molar-refractivity contribution is 0.231. The number of rotatable bonds is 6. The molecule has 1 aromatic heterocycles. The summed E-state index contributed by atoms with van der Waals surface area (Å²) in [6, 6.07) is 4.84. The lowest BCUT2D eigenvalue weighted by Crippen LogP contribution is -2.10. The number of benzene rings is 1. The first-order chi connectivity index (χ1) is 9.95. The number of ether oxygens (including phenoxy) is 1. The highest BCUT2D eigenvalue weighted by molar-refractivity contribution is 5.68. The molecule has 0 spiro atoms. The van der Waals surface area contributed by atoms with E-state index in [9.17, 15) is 4.39 Å². The van der Waals surface area contributed by atoms with E-state index in [0.29, 0.717) is 17.9 Å². The normalized spacial score (nSPS) is 10.9. The van der Waals surface area contributed by atoms with Gasteiger partial charge in [0.1, 0.15) is 0 Å². The third-order valence-electron chi connectivity index (χ3n) is 2.93. The first-order valence-corrected chi connectivity index (χ1v) is 6.94. The average Bonchev–Trinajstić information content (AvgIpc) is 2.80. The Hall–Kier alpha value is -2.24. The second kappa shape index (κ2) is 6.47. The van der Waals surface area contributed by atoms with E-state index in [-0.39, 0.29) is 11.9 Å². The van der Waals surface area contributed by atoms with Gasteiger partial charge < -0.3 is 15.8 Å². The second-order valence-corrected chi connectivity index (χ2v) is 5.19. The molecule has 6 heteroatoms. The van der Waals surface area contributed by atoms with Crippen LogP contribution in [0.3, 0.4) is 0 Å². The summed E-state index contributed by atoms with van der Waals surface area (Å²) < 4.78 is 20.9. The Morgan fingerprint density at radius 1 is 1.43 bits per heavy atom. The Labute approximate surface area is 123 Å². The zero-order valence-electron chi connectivity index (χ0n) is 12.6. The number of nitrogens with two attached hydrogens (primary N) is 1. The number of nitrogens with one attached hydrogen (secondary N) is 1. The van der Waals surface area contributed by atoms with E-state index >= 15 is 0 Å². The SMILES string of the molecule is CC(C)Oc1cc(NCCc2ccn(C)n2)c(N)cc1F. The number of anilines is 2. The largest absolute Gasteiger partial charge is 0.488 e. The maximum absolute atomic E-state index is 13.7. The summed E-state index contributed by atoms with van der Waals surface area (Å²) in [5, 5.41) is 7.49. The molecule has 0 amide bonds. The molecule has 1 aromatic carbocycles. The second-order valence-electron chi connectivity index (χ2n) is 5.19. The first-order valence-electron chi connectivity index (χ1n) is 6.94. The summed E-state index contributed by atoms with van der Waals surface area (Å²) in [5.41, 5.74) is 7.85. The minimum absolute atomic E-state index is 0.0931. The molecule has 2 rings (SSSR count). The molecule has 0 atom stereocenters. The van der Waals surface area contributed by atoms with Crippen LogP contribution in [0.15, 0.2) is 24.4 Å². The van der Waals surface area contributed by atoms with Crippen molar-refractivity contribution in [3.8, 4) is 5.75 Å². The Morgan fingerprint density at radius 3 is 2.81 bits per heavy atom. The van der Waals surface area contributed by atoms with E-state index < -0.39 is 5.82 Å². The highest BCUT2D eigenvalue weighted by atomic mass is 19.1. The summed E-state index contributed by atoms with van der Waals surface area (Å²) >= 11 is 0. The lowest BCUT2D eigenvalue weighted by Gasteiger charge is -2.14. The van der Waals surface area contributed by atoms with Crippen LogP contribution in [0, 0.1) is 5.82 Å². The fourth-order valence-electron chi connectivity index (χ4n) is 1.99. The van der Waals surface area contributed by atoms with Gasteiger partial charge in [-0.15, -0.1) is 0 Å². The van der Waals surface area contributed by atoms with Gasteiger partial charge in [0.2, 0.25) is 0 Å². The van der Waals surface area contributed by atoms with Gasteiger partial charge in [-0.25, -0.2) is 4.39 Å². The molecule has 3 N–H and O–H groups in total. The Morgan fingerprint density at radius 2 is 2.19 bits per heavy atom. The standard InChI is InChI=1S/C15H21FN4O/c1-10(2)21-15-9-14(13(17)8-12(15)16)18-6-4-11-5-7-20(3)19-11/h5,7-10,18H,4,6,17H2,1-3H3. The Bertz CT molecular complexity index is 610. The highest BCUT2D eigenvalue weighted by Crippen LogP contribution is 2.28. The van der Waals surface area contributed by atoms with Gasteiger partial charge in [0.25, 0.3) is 0 Å². The Kier molecular flexibility index (Phi) is 4.67. The van der Waals surface area contributed by atoms with Gasteiger partial charge in [0, 0.05) is 38.3 Å². The van der Waals surface area contributed by atoms with Crippen molar-refractivity contribution in [3.63, 3.8) is 0 Å². The predicted molar refractivity (Wildman–Crippen MR) is 82.0 cm³/mol. The molecule has 0 radical (unpaired) electrons. The van der Waals surface area contributed by atoms with Crippen molar-refractivity contribution < 1.29 is 9.13 Å². The first kappa shape index (κ1) is 15.2. The van der Waals surface area contributed by atoms with Crippen LogP contribution in [0.1, 0.15) is 19.5 Å². The van der Waals surface area contributed by atoms with Crippen LogP contribution in [-0.2, 0) is 13.5 Å². The summed E-state index contributed by atoms with van der Waals surface area (Å²) in [6.07, 6.45) is 2.57. The third-order valence-corrected chi connectivity index (χ3v) is 2.93. The molecule has 0 aliphatic carbocycles. The van der Waals surface area contributed by atoms with Gasteiger partial charge in [0.15, 0.2) is 11.6 Å². The monoisotopic (exact) mass is 292 g/mol. The van der Waals surface area contributed by atoms with Crippen molar-refractivity contribution in [1.82, 2.24) is 9.78 Å². The van der Waals surface area contributed by atoms with Crippen LogP contribution in [0.5, 0.6) is 5.75 Å². The van der Waals surface area contributed by atoms with Gasteiger partial charge >= 0.3 is 0 Å². The van der Waals surface area contributed by atoms with Gasteiger partial charge in [-0.3, -0.25) is 4.68 Å². The van der Waals surface area contributed by atoms with Crippen LogP contribution >= 0.6 is 0 Å². The number of nitrogens with zero attached hydrogens (tertiary/aromatic N) is 2. The fourth-order valence-corrected chi connectivity index (χ4v) is 1.99. The number of hydrogen-bond acceptors (Lipinski definition) is 4. The van der Waals surface area contributed by atoms with Crippen LogP contribution in [0.4, 0.5) is 15.8 Å². The summed E-state index contributed by atoms with van der Waals surface area (Å²) in [7, 11) is 1.88. The highest BCUT2D eigenvalue weighted by Gasteiger charge is 2.10. The number of halogens is 1. The molecule has 2 aromatic rings. The van der Waals surface area contributed by atoms with Crippen molar-refractivity contribution in [3.05, 3.63) is 35.9 Å². The molecule has 0 aliphatic heterocycles. The zero-order valence-corrected chi connectivity index (χ0v) is 12.6. The lowest BCUT2D eigenvalue weighted by atomic mass is 10.2. The van der Waals surface area contributed by atoms with Crippen LogP contribution in [-0.4, -0.2) is 22.4 Å². The third kappa shape index (κ3) is 4.11. The molecule has 0 bridgehead atoms. The maximum atomic E-state index is 13.7. The number of aromatic nitrogens is 2. The quantitative estimate of drug-likeness (QED) is 0.803. The zero-order chi connectivity index (χ0) is 15.4. The summed E-state index contributed by atoms with van der Waals surface area (Å²) in [4.78, 5) is 0. The van der Waals surface area contributed by atoms with Crippen LogP contribution in [0.2, 0.25) is 0 Å². The predicted octanol–water partition coefficient (Wildman–Crippen LogP) is 2.58. The summed E-state index contributed by atoms with van der Waals surface area (Å²) in [5.74, 6) is -0.240. The van der Waals surface area contributed by atoms with Crippen molar-refractivity contribution in [2.75, 3.05) is 17.6 Å². The van der Waals surface area contributed by atoms with Gasteiger partial charge in [-0.2, -0.15) is 5.10 Å². The molecular weight excluding hydrogens is 271 g/mol. The molecule has 114 valence electrons. The number of aryl methyl sites for hydroxylation is 1. The minimum Gasteiger partial charge on any atom is -0.488 e. The number of nitrogen functional groups attached to an aromatic ring is 1. The molecule has 0 saturated carbocycles.